The van der Waals surface area contributed by atoms with Crippen molar-refractivity contribution < 1.29 is 33.6 Å². The van der Waals surface area contributed by atoms with Crippen molar-refractivity contribution in [2.24, 2.45) is 23.7 Å². The van der Waals surface area contributed by atoms with E-state index in [0.717, 1.165) is 11.3 Å². The number of halogens is 2. The number of benzene rings is 1. The zero-order valence-corrected chi connectivity index (χ0v) is 20.4. The van der Waals surface area contributed by atoms with E-state index in [-0.39, 0.29) is 38.6 Å². The molecule has 1 aliphatic heterocycles. The summed E-state index contributed by atoms with van der Waals surface area (Å²) in [4.78, 5) is 61.6. The predicted molar refractivity (Wildman–Crippen MR) is 120 cm³/mol. The maximum Gasteiger partial charge on any atom is 0.326 e. The lowest BCUT2D eigenvalue weighted by molar-refractivity contribution is -0.383. The molecule has 2 saturated carbocycles. The molecule has 33 heavy (non-hydrogen) atoms. The van der Waals surface area contributed by atoms with Crippen LogP contribution in [0.15, 0.2) is 18.2 Å². The number of hydrogen-bond donors (Lipinski definition) is 1. The fourth-order valence-corrected chi connectivity index (χ4v) is 6.85. The highest BCUT2D eigenvalue weighted by Gasteiger charge is 2.66. The number of hydrogen-bond acceptors (Lipinski definition) is 8. The number of fused-ring (bicyclic) bond motifs is 5. The predicted octanol–water partition coefficient (Wildman–Crippen LogP) is 1.86. The zero-order chi connectivity index (χ0) is 24.0. The van der Waals surface area contributed by atoms with Crippen LogP contribution in [0.1, 0.15) is 6.42 Å². The Kier molecular flexibility index (Phi) is 6.45. The Bertz CT molecular complexity index is 1020. The number of carbonyl (C=O) groups excluding carboxylic acids is 4. The highest BCUT2D eigenvalue weighted by molar-refractivity contribution is 9.12. The van der Waals surface area contributed by atoms with Crippen molar-refractivity contribution in [1.29, 1.82) is 0 Å². The molecule has 1 aromatic carbocycles. The topological polar surface area (TPSA) is 145 Å². The van der Waals surface area contributed by atoms with Crippen molar-refractivity contribution in [2.75, 3.05) is 25.6 Å². The first kappa shape index (κ1) is 23.6. The number of nitrogens with zero attached hydrogens (tertiary/aromatic N) is 2. The van der Waals surface area contributed by atoms with E-state index < -0.39 is 53.6 Å². The number of imide groups is 1. The van der Waals surface area contributed by atoms with Crippen LogP contribution in [0.3, 0.4) is 0 Å². The quantitative estimate of drug-likeness (QED) is 0.167. The molecule has 3 aliphatic rings. The fourth-order valence-electron chi connectivity index (χ4n) is 4.97. The molecular formula is C20H19Br2N3O8. The van der Waals surface area contributed by atoms with Crippen LogP contribution in [0.5, 0.6) is 5.75 Å². The third-order valence-electron chi connectivity index (χ3n) is 6.40. The van der Waals surface area contributed by atoms with Gasteiger partial charge in [-0.25, -0.2) is 0 Å². The third-order valence-corrected chi connectivity index (χ3v) is 9.61. The van der Waals surface area contributed by atoms with Crippen LogP contribution in [0.4, 0.5) is 11.4 Å². The Morgan fingerprint density at radius 2 is 1.79 bits per heavy atom. The summed E-state index contributed by atoms with van der Waals surface area (Å²) in [5.74, 6) is -3.12. The minimum atomic E-state index is -0.926. The lowest BCUT2D eigenvalue weighted by Gasteiger charge is -2.28. The summed E-state index contributed by atoms with van der Waals surface area (Å²) in [7, 11) is 1.37. The van der Waals surface area contributed by atoms with Gasteiger partial charge >= 0.3 is 5.97 Å². The van der Waals surface area contributed by atoms with Crippen LogP contribution in [0, 0.1) is 33.8 Å². The van der Waals surface area contributed by atoms with Crippen LogP contribution in [-0.2, 0) is 23.9 Å². The molecule has 1 saturated heterocycles. The Morgan fingerprint density at radius 3 is 2.33 bits per heavy atom. The molecule has 0 radical (unpaired) electrons. The highest BCUT2D eigenvalue weighted by Crippen LogP contribution is 2.60. The molecule has 11 nitrogen and oxygen atoms in total. The van der Waals surface area contributed by atoms with Crippen LogP contribution < -0.4 is 10.1 Å². The van der Waals surface area contributed by atoms with Gasteiger partial charge in [-0.2, -0.15) is 0 Å². The van der Waals surface area contributed by atoms with Crippen molar-refractivity contribution in [3.05, 3.63) is 28.3 Å². The van der Waals surface area contributed by atoms with Gasteiger partial charge in [0, 0.05) is 21.8 Å². The van der Waals surface area contributed by atoms with Gasteiger partial charge in [0.2, 0.25) is 11.8 Å². The summed E-state index contributed by atoms with van der Waals surface area (Å²) in [6.07, 6.45) is 0.771. The van der Waals surface area contributed by atoms with Crippen molar-refractivity contribution in [1.82, 2.24) is 4.90 Å². The van der Waals surface area contributed by atoms with E-state index in [1.165, 1.54) is 25.3 Å². The number of likely N-dealkylation sites (tertiary alicyclic amines) is 1. The minimum Gasteiger partial charge on any atom is -0.497 e. The van der Waals surface area contributed by atoms with Gasteiger partial charge in [-0.15, -0.1) is 0 Å². The SMILES string of the molecule is COc1ccc([N+](=O)[O-])c(NC(=O)COC(=O)CN2C(=O)[C@@H]3[C@H]4C[C@@H]([C@H](Br)[C@H]4Br)[C@H]3C2=O)c1. The lowest BCUT2D eigenvalue weighted by atomic mass is 9.81. The molecule has 176 valence electrons. The van der Waals surface area contributed by atoms with Gasteiger partial charge in [0.1, 0.15) is 18.0 Å². The molecule has 4 rings (SSSR count). The molecule has 3 amide bonds. The molecule has 13 heteroatoms. The summed E-state index contributed by atoms with van der Waals surface area (Å²) in [5, 5.41) is 13.4. The zero-order valence-electron chi connectivity index (χ0n) is 17.2. The molecule has 1 N–H and O–H groups in total. The largest absolute Gasteiger partial charge is 0.497 e. The second kappa shape index (κ2) is 9.01. The molecule has 3 fully saturated rings. The number of carbonyl (C=O) groups is 4. The molecular weight excluding hydrogens is 570 g/mol. The van der Waals surface area contributed by atoms with Gasteiger partial charge in [0.05, 0.1) is 23.9 Å². The molecule has 0 unspecified atom stereocenters. The number of nitro groups is 1. The second-order valence-electron chi connectivity index (χ2n) is 8.12. The Balaban J connectivity index is 1.34. The van der Waals surface area contributed by atoms with Crippen LogP contribution in [0.25, 0.3) is 0 Å². The number of anilines is 1. The summed E-state index contributed by atoms with van der Waals surface area (Å²) in [6, 6.07) is 3.81. The van der Waals surface area contributed by atoms with E-state index in [2.05, 4.69) is 37.2 Å². The van der Waals surface area contributed by atoms with E-state index in [1.807, 2.05) is 0 Å². The maximum absolute atomic E-state index is 12.8. The molecule has 2 aliphatic carbocycles. The number of nitrogens with one attached hydrogen (secondary N) is 1. The van der Waals surface area contributed by atoms with Crippen molar-refractivity contribution in [2.45, 2.75) is 16.1 Å². The van der Waals surface area contributed by atoms with Crippen LogP contribution in [-0.4, -0.2) is 63.4 Å². The number of methoxy groups -OCH3 is 1. The smallest absolute Gasteiger partial charge is 0.326 e. The number of nitro benzene ring substituents is 1. The van der Waals surface area contributed by atoms with E-state index in [1.54, 1.807) is 0 Å². The third kappa shape index (κ3) is 4.12. The van der Waals surface area contributed by atoms with E-state index >= 15 is 0 Å². The summed E-state index contributed by atoms with van der Waals surface area (Å²) < 4.78 is 9.90. The Labute approximate surface area is 204 Å². The highest BCUT2D eigenvalue weighted by atomic mass is 79.9. The van der Waals surface area contributed by atoms with Crippen LogP contribution in [0.2, 0.25) is 0 Å². The Morgan fingerprint density at radius 1 is 1.18 bits per heavy atom. The molecule has 1 heterocycles. The lowest BCUT2D eigenvalue weighted by Crippen LogP contribution is -2.38. The van der Waals surface area contributed by atoms with Gasteiger partial charge in [-0.05, 0) is 24.3 Å². The van der Waals surface area contributed by atoms with Gasteiger partial charge < -0.3 is 14.8 Å². The van der Waals surface area contributed by atoms with Gasteiger partial charge in [0.25, 0.3) is 11.6 Å². The number of rotatable bonds is 7. The number of ether oxygens (including phenoxy) is 2. The molecule has 0 aromatic heterocycles. The monoisotopic (exact) mass is 587 g/mol. The van der Waals surface area contributed by atoms with Gasteiger partial charge in [-0.1, -0.05) is 31.9 Å². The first-order chi connectivity index (χ1) is 15.6. The standard InChI is InChI=1S/C20H19Br2N3O8/c1-32-8-2-3-12(25(30)31)11(4-8)23-13(26)7-33-14(27)6-24-19(28)15-9-5-10(16(15)20(24)29)18(22)17(9)21/h2-4,9-10,15-18H,5-7H2,1H3,(H,23,26)/t9-,10-,15-,16-,17+,18+/m1/s1. The van der Waals surface area contributed by atoms with Crippen molar-refractivity contribution >= 4 is 66.9 Å². The summed E-state index contributed by atoms with van der Waals surface area (Å²) >= 11 is 7.18. The van der Waals surface area contributed by atoms with Gasteiger partial charge in [-0.3, -0.25) is 34.2 Å². The summed E-state index contributed by atoms with van der Waals surface area (Å²) in [6.45, 7) is -1.33. The van der Waals surface area contributed by atoms with Crippen LogP contribution >= 0.6 is 31.9 Å². The normalized spacial score (nSPS) is 29.7. The molecule has 2 bridgehead atoms. The maximum atomic E-state index is 12.8. The van der Waals surface area contributed by atoms with E-state index in [9.17, 15) is 29.3 Å². The molecule has 0 spiro atoms. The number of amides is 3. The van der Waals surface area contributed by atoms with Gasteiger partial charge in [0.15, 0.2) is 6.61 Å². The van der Waals surface area contributed by atoms with Crippen molar-refractivity contribution in [3.8, 4) is 5.75 Å². The minimum absolute atomic E-state index is 0.0197. The fraction of sp³-hybridized carbons (Fsp3) is 0.500. The molecule has 6 atom stereocenters. The average molecular weight is 589 g/mol. The average Bonchev–Trinajstić information content (AvgIpc) is 3.38. The first-order valence-corrected chi connectivity index (χ1v) is 11.9. The Hall–Kier alpha value is -2.54. The second-order valence-corrected chi connectivity index (χ2v) is 10.2. The number of alkyl halides is 2. The van der Waals surface area contributed by atoms with E-state index in [4.69, 9.17) is 9.47 Å². The van der Waals surface area contributed by atoms with E-state index in [0.29, 0.717) is 0 Å². The number of esters is 1. The molecule has 1 aromatic rings. The summed E-state index contributed by atoms with van der Waals surface area (Å²) in [5.41, 5.74) is -0.484. The first-order valence-electron chi connectivity index (χ1n) is 10.0. The van der Waals surface area contributed by atoms with Crippen molar-refractivity contribution in [3.63, 3.8) is 0 Å².